The van der Waals surface area contributed by atoms with Crippen molar-refractivity contribution in [2.24, 2.45) is 0 Å². The molecule has 0 aliphatic carbocycles. The molecule has 1 amide bonds. The van der Waals surface area contributed by atoms with E-state index in [1.54, 1.807) is 33.1 Å². The number of nitrogens with one attached hydrogen (secondary N) is 1. The van der Waals surface area contributed by atoms with Gasteiger partial charge in [-0.25, -0.2) is 4.79 Å². The minimum atomic E-state index is -0.980. The van der Waals surface area contributed by atoms with Crippen LogP contribution < -0.4 is 10.1 Å². The molecule has 1 heterocycles. The van der Waals surface area contributed by atoms with E-state index in [0.717, 1.165) is 21.7 Å². The van der Waals surface area contributed by atoms with Crippen LogP contribution in [0.5, 0.6) is 5.75 Å². The van der Waals surface area contributed by atoms with E-state index in [1.165, 1.54) is 0 Å². The van der Waals surface area contributed by atoms with Gasteiger partial charge in [0.2, 0.25) is 0 Å². The van der Waals surface area contributed by atoms with Crippen LogP contribution in [0.25, 0.3) is 21.7 Å². The molecule has 0 fully saturated rings. The lowest BCUT2D eigenvalue weighted by Crippen LogP contribution is -2.30. The number of pyridine rings is 1. The van der Waals surface area contributed by atoms with E-state index >= 15 is 0 Å². The molecular weight excluding hydrogens is 392 g/mol. The second-order valence-electron chi connectivity index (χ2n) is 7.24. The highest BCUT2D eigenvalue weighted by atomic mass is 16.5. The lowest BCUT2D eigenvalue weighted by atomic mass is 10.1. The van der Waals surface area contributed by atoms with Gasteiger partial charge in [-0.2, -0.15) is 0 Å². The number of hydrogen-bond donors (Lipinski definition) is 1. The van der Waals surface area contributed by atoms with Gasteiger partial charge in [-0.05, 0) is 49.6 Å². The number of rotatable bonds is 5. The van der Waals surface area contributed by atoms with Gasteiger partial charge in [0.15, 0.2) is 6.10 Å². The molecule has 1 atom stereocenters. The van der Waals surface area contributed by atoms with Crippen LogP contribution in [0.4, 0.5) is 5.69 Å². The normalized spacial score (nSPS) is 11.8. The van der Waals surface area contributed by atoms with Crippen molar-refractivity contribution >= 4 is 39.2 Å². The molecule has 6 heteroatoms. The fourth-order valence-electron chi connectivity index (χ4n) is 3.43. The summed E-state index contributed by atoms with van der Waals surface area (Å²) in [5.41, 5.74) is 2.26. The molecule has 4 aromatic rings. The van der Waals surface area contributed by atoms with Gasteiger partial charge < -0.3 is 14.8 Å². The molecule has 0 saturated heterocycles. The Bertz CT molecular complexity index is 1290. The second kappa shape index (κ2) is 8.44. The Labute approximate surface area is 179 Å². The van der Waals surface area contributed by atoms with E-state index in [1.807, 2.05) is 54.6 Å². The van der Waals surface area contributed by atoms with Crippen LogP contribution in [-0.4, -0.2) is 30.1 Å². The summed E-state index contributed by atoms with van der Waals surface area (Å²) in [6.07, 6.45) is -0.980. The maximum atomic E-state index is 12.8. The number of nitrogens with zero attached hydrogens (tertiary/aromatic N) is 1. The Hall–Kier alpha value is -3.93. The number of aromatic nitrogens is 1. The lowest BCUT2D eigenvalue weighted by Gasteiger charge is -2.15. The number of benzene rings is 3. The number of methoxy groups -OCH3 is 1. The van der Waals surface area contributed by atoms with Gasteiger partial charge in [0, 0.05) is 16.5 Å². The van der Waals surface area contributed by atoms with Gasteiger partial charge in [-0.1, -0.05) is 36.4 Å². The summed E-state index contributed by atoms with van der Waals surface area (Å²) in [7, 11) is 1.58. The molecule has 0 aliphatic rings. The minimum absolute atomic E-state index is 0.311. The number of esters is 1. The topological polar surface area (TPSA) is 77.5 Å². The standard InChI is InChI=1S/C25H22N2O4/c1-15-21(14-18-13-19(30-3)11-12-22(18)26-15)25(29)31-16(2)24(28)27-23-10-6-8-17-7-4-5-9-20(17)23/h4-14,16H,1-3H3,(H,27,28). The first-order valence-electron chi connectivity index (χ1n) is 9.91. The largest absolute Gasteiger partial charge is 0.497 e. The highest BCUT2D eigenvalue weighted by molar-refractivity contribution is 6.04. The van der Waals surface area contributed by atoms with Gasteiger partial charge >= 0.3 is 5.97 Å². The van der Waals surface area contributed by atoms with Crippen molar-refractivity contribution in [1.29, 1.82) is 0 Å². The van der Waals surface area contributed by atoms with Crippen LogP contribution in [-0.2, 0) is 9.53 Å². The maximum Gasteiger partial charge on any atom is 0.340 e. The average molecular weight is 414 g/mol. The fraction of sp³-hybridized carbons (Fsp3) is 0.160. The molecule has 0 spiro atoms. The van der Waals surface area contributed by atoms with Gasteiger partial charge in [0.05, 0.1) is 23.9 Å². The van der Waals surface area contributed by atoms with Crippen molar-refractivity contribution in [1.82, 2.24) is 4.98 Å². The molecule has 0 saturated carbocycles. The third-order valence-electron chi connectivity index (χ3n) is 5.13. The number of anilines is 1. The molecule has 0 aliphatic heterocycles. The summed E-state index contributed by atoms with van der Waals surface area (Å²) in [4.78, 5) is 29.9. The van der Waals surface area contributed by atoms with Crippen LogP contribution >= 0.6 is 0 Å². The molecule has 3 aromatic carbocycles. The van der Waals surface area contributed by atoms with Gasteiger partial charge in [0.1, 0.15) is 5.75 Å². The summed E-state index contributed by atoms with van der Waals surface area (Å²) in [6.45, 7) is 3.28. The Morgan fingerprint density at radius 3 is 2.55 bits per heavy atom. The Kier molecular flexibility index (Phi) is 5.54. The van der Waals surface area contributed by atoms with Crippen molar-refractivity contribution in [2.75, 3.05) is 12.4 Å². The highest BCUT2D eigenvalue weighted by Gasteiger charge is 2.21. The predicted octanol–water partition coefficient (Wildman–Crippen LogP) is 4.89. The number of aryl methyl sites for hydroxylation is 1. The molecule has 156 valence electrons. The molecule has 0 bridgehead atoms. The Morgan fingerprint density at radius 1 is 0.968 bits per heavy atom. The molecule has 0 radical (unpaired) electrons. The zero-order valence-corrected chi connectivity index (χ0v) is 17.5. The Balaban J connectivity index is 1.52. The van der Waals surface area contributed by atoms with E-state index in [4.69, 9.17) is 9.47 Å². The van der Waals surface area contributed by atoms with Crippen molar-refractivity contribution in [3.63, 3.8) is 0 Å². The van der Waals surface area contributed by atoms with E-state index in [9.17, 15) is 9.59 Å². The SMILES string of the molecule is COc1ccc2nc(C)c(C(=O)OC(C)C(=O)Nc3cccc4ccccc34)cc2c1. The van der Waals surface area contributed by atoms with E-state index < -0.39 is 18.0 Å². The summed E-state index contributed by atoms with van der Waals surface area (Å²) >= 11 is 0. The zero-order chi connectivity index (χ0) is 22.0. The van der Waals surface area contributed by atoms with Crippen LogP contribution in [0.15, 0.2) is 66.7 Å². The first kappa shape index (κ1) is 20.3. The summed E-state index contributed by atoms with van der Waals surface area (Å²) in [5.74, 6) is -0.339. The van der Waals surface area contributed by atoms with Crippen molar-refractivity contribution in [2.45, 2.75) is 20.0 Å². The molecule has 4 rings (SSSR count). The third-order valence-corrected chi connectivity index (χ3v) is 5.13. The van der Waals surface area contributed by atoms with Crippen molar-refractivity contribution < 1.29 is 19.1 Å². The molecule has 31 heavy (non-hydrogen) atoms. The van der Waals surface area contributed by atoms with Crippen molar-refractivity contribution in [3.05, 3.63) is 78.0 Å². The number of hydrogen-bond acceptors (Lipinski definition) is 5. The van der Waals surface area contributed by atoms with E-state index in [-0.39, 0.29) is 0 Å². The summed E-state index contributed by atoms with van der Waals surface area (Å²) < 4.78 is 10.7. The lowest BCUT2D eigenvalue weighted by molar-refractivity contribution is -0.123. The van der Waals surface area contributed by atoms with Gasteiger partial charge in [-0.15, -0.1) is 0 Å². The zero-order valence-electron chi connectivity index (χ0n) is 17.5. The fourth-order valence-corrected chi connectivity index (χ4v) is 3.43. The van der Waals surface area contributed by atoms with Crippen LogP contribution in [0.1, 0.15) is 23.0 Å². The quantitative estimate of drug-likeness (QED) is 0.471. The molecule has 6 nitrogen and oxygen atoms in total. The van der Waals surface area contributed by atoms with Crippen LogP contribution in [0, 0.1) is 6.92 Å². The number of amides is 1. The number of fused-ring (bicyclic) bond motifs is 2. The van der Waals surface area contributed by atoms with Crippen molar-refractivity contribution in [3.8, 4) is 5.75 Å². The van der Waals surface area contributed by atoms with Gasteiger partial charge in [0.25, 0.3) is 5.91 Å². The smallest absolute Gasteiger partial charge is 0.340 e. The van der Waals surface area contributed by atoms with Crippen LogP contribution in [0.3, 0.4) is 0 Å². The highest BCUT2D eigenvalue weighted by Crippen LogP contribution is 2.24. The third kappa shape index (κ3) is 4.19. The summed E-state index contributed by atoms with van der Waals surface area (Å²) in [5, 5.41) is 5.54. The first-order chi connectivity index (χ1) is 15.0. The molecule has 1 N–H and O–H groups in total. The number of carbonyl (C=O) groups excluding carboxylic acids is 2. The molecule has 1 aromatic heterocycles. The van der Waals surface area contributed by atoms with E-state index in [0.29, 0.717) is 22.7 Å². The molecule has 1 unspecified atom stereocenters. The average Bonchev–Trinajstić information content (AvgIpc) is 2.78. The second-order valence-corrected chi connectivity index (χ2v) is 7.24. The van der Waals surface area contributed by atoms with E-state index in [2.05, 4.69) is 10.3 Å². The monoisotopic (exact) mass is 414 g/mol. The minimum Gasteiger partial charge on any atom is -0.497 e. The van der Waals surface area contributed by atoms with Crippen LogP contribution in [0.2, 0.25) is 0 Å². The number of ether oxygens (including phenoxy) is 2. The predicted molar refractivity (Wildman–Crippen MR) is 120 cm³/mol. The maximum absolute atomic E-state index is 12.8. The number of carbonyl (C=O) groups is 2. The summed E-state index contributed by atoms with van der Waals surface area (Å²) in [6, 6.07) is 20.6. The first-order valence-corrected chi connectivity index (χ1v) is 9.91. The Morgan fingerprint density at radius 2 is 1.74 bits per heavy atom. The molecular formula is C25H22N2O4. The van der Waals surface area contributed by atoms with Gasteiger partial charge in [-0.3, -0.25) is 9.78 Å².